The average Bonchev–Trinajstić information content (AvgIpc) is 3.18. The van der Waals surface area contributed by atoms with Gasteiger partial charge in [0.1, 0.15) is 0 Å². The third-order valence-electron chi connectivity index (χ3n) is 5.74. The van der Waals surface area contributed by atoms with Crippen LogP contribution in [0.2, 0.25) is 10.0 Å². The van der Waals surface area contributed by atoms with Crippen molar-refractivity contribution in [1.29, 1.82) is 0 Å². The molecule has 0 bridgehead atoms. The highest BCUT2D eigenvalue weighted by molar-refractivity contribution is 7.93. The quantitative estimate of drug-likeness (QED) is 0.364. The van der Waals surface area contributed by atoms with Crippen LogP contribution < -0.4 is 9.62 Å². The molecule has 1 aliphatic heterocycles. The number of aromatic nitrogens is 1. The molecule has 0 atom stereocenters. The minimum atomic E-state index is -3.33. The van der Waals surface area contributed by atoms with E-state index in [0.717, 1.165) is 10.8 Å². The molecule has 172 valence electrons. The van der Waals surface area contributed by atoms with Crippen LogP contribution in [-0.4, -0.2) is 31.6 Å². The molecule has 1 N–H and O–H groups in total. The lowest BCUT2D eigenvalue weighted by molar-refractivity contribution is 0.102. The lowest BCUT2D eigenvalue weighted by Crippen LogP contribution is -2.25. The maximum Gasteiger partial charge on any atom is 0.257 e. The first kappa shape index (κ1) is 22.7. The largest absolute Gasteiger partial charge is 0.322 e. The second-order valence-corrected chi connectivity index (χ2v) is 10.8. The van der Waals surface area contributed by atoms with Gasteiger partial charge in [0, 0.05) is 29.4 Å². The Balaban J connectivity index is 1.44. The molecule has 4 aromatic rings. The van der Waals surface area contributed by atoms with E-state index in [9.17, 15) is 13.2 Å². The van der Waals surface area contributed by atoms with Gasteiger partial charge in [0.25, 0.3) is 5.91 Å². The predicted molar refractivity (Wildman–Crippen MR) is 137 cm³/mol. The van der Waals surface area contributed by atoms with Gasteiger partial charge < -0.3 is 5.32 Å². The first-order chi connectivity index (χ1) is 16.3. The van der Waals surface area contributed by atoms with Crippen molar-refractivity contribution in [3.8, 4) is 11.3 Å². The smallest absolute Gasteiger partial charge is 0.257 e. The molecule has 0 spiro atoms. The number of amides is 1. The normalized spacial score (nSPS) is 14.9. The van der Waals surface area contributed by atoms with Crippen LogP contribution in [0.15, 0.2) is 72.9 Å². The number of hydrogen-bond donors (Lipinski definition) is 1. The number of fused-ring (bicyclic) bond motifs is 1. The highest BCUT2D eigenvalue weighted by Crippen LogP contribution is 2.34. The van der Waals surface area contributed by atoms with E-state index in [4.69, 9.17) is 23.2 Å². The predicted octanol–water partition coefficient (Wildman–Crippen LogP) is 6.00. The number of anilines is 2. The zero-order valence-electron chi connectivity index (χ0n) is 17.8. The van der Waals surface area contributed by atoms with Gasteiger partial charge in [-0.25, -0.2) is 8.42 Å². The fourth-order valence-electron chi connectivity index (χ4n) is 4.09. The molecule has 1 aliphatic rings. The summed E-state index contributed by atoms with van der Waals surface area (Å²) in [5.41, 5.74) is 2.63. The van der Waals surface area contributed by atoms with Gasteiger partial charge in [0.2, 0.25) is 10.0 Å². The van der Waals surface area contributed by atoms with Crippen molar-refractivity contribution in [3.63, 3.8) is 0 Å². The number of benzene rings is 3. The number of carbonyl (C=O) groups is 1. The molecular weight excluding hydrogens is 493 g/mol. The molecule has 1 aromatic heterocycles. The molecule has 2 heterocycles. The summed E-state index contributed by atoms with van der Waals surface area (Å²) in [6.45, 7) is 0.403. The summed E-state index contributed by atoms with van der Waals surface area (Å²) in [4.78, 5) is 17.5. The molecule has 9 heteroatoms. The number of nitrogens with one attached hydrogen (secondary N) is 1. The number of halogens is 2. The van der Waals surface area contributed by atoms with Crippen LogP contribution in [-0.2, 0) is 10.0 Å². The van der Waals surface area contributed by atoms with Crippen molar-refractivity contribution >= 4 is 61.3 Å². The minimum Gasteiger partial charge on any atom is -0.322 e. The van der Waals surface area contributed by atoms with Crippen molar-refractivity contribution in [2.45, 2.75) is 6.42 Å². The summed E-state index contributed by atoms with van der Waals surface area (Å²) in [6, 6.07) is 19.6. The van der Waals surface area contributed by atoms with E-state index >= 15 is 0 Å². The van der Waals surface area contributed by atoms with Gasteiger partial charge in [-0.2, -0.15) is 0 Å². The SMILES string of the molecule is O=C(Nc1ccc(Cl)c(-c2nccc3ccccc23)c1)c1ccc(N2CCCS2(=O)=O)cc1Cl. The fraction of sp³-hybridized carbons (Fsp3) is 0.120. The van der Waals surface area contributed by atoms with Crippen molar-refractivity contribution in [3.05, 3.63) is 88.5 Å². The Bertz CT molecular complexity index is 1530. The Hall–Kier alpha value is -3.13. The summed E-state index contributed by atoms with van der Waals surface area (Å²) >= 11 is 12.9. The van der Waals surface area contributed by atoms with Gasteiger partial charge >= 0.3 is 0 Å². The van der Waals surface area contributed by atoms with Gasteiger partial charge in [0.05, 0.1) is 32.7 Å². The molecule has 0 aliphatic carbocycles. The number of rotatable bonds is 4. The second-order valence-electron chi connectivity index (χ2n) is 7.94. The Labute approximate surface area is 207 Å². The number of hydrogen-bond acceptors (Lipinski definition) is 4. The van der Waals surface area contributed by atoms with Gasteiger partial charge in [-0.15, -0.1) is 0 Å². The van der Waals surface area contributed by atoms with E-state index in [0.29, 0.717) is 40.6 Å². The zero-order chi connectivity index (χ0) is 23.9. The second kappa shape index (κ2) is 8.91. The van der Waals surface area contributed by atoms with E-state index in [2.05, 4.69) is 10.3 Å². The molecule has 0 radical (unpaired) electrons. The highest BCUT2D eigenvalue weighted by atomic mass is 35.5. The summed E-state index contributed by atoms with van der Waals surface area (Å²) < 4.78 is 25.7. The molecular formula is C25H19Cl2N3O3S. The van der Waals surface area contributed by atoms with E-state index < -0.39 is 15.9 Å². The third-order valence-corrected chi connectivity index (χ3v) is 8.25. The van der Waals surface area contributed by atoms with E-state index in [-0.39, 0.29) is 16.3 Å². The number of carbonyl (C=O) groups excluding carboxylic acids is 1. The molecule has 0 saturated carbocycles. The molecule has 34 heavy (non-hydrogen) atoms. The molecule has 6 nitrogen and oxygen atoms in total. The lowest BCUT2D eigenvalue weighted by Gasteiger charge is -2.18. The molecule has 1 fully saturated rings. The molecule has 1 amide bonds. The first-order valence-corrected chi connectivity index (χ1v) is 12.9. The first-order valence-electron chi connectivity index (χ1n) is 10.6. The molecule has 5 rings (SSSR count). The average molecular weight is 512 g/mol. The Kier molecular flexibility index (Phi) is 5.93. The topological polar surface area (TPSA) is 79.4 Å². The highest BCUT2D eigenvalue weighted by Gasteiger charge is 2.29. The third kappa shape index (κ3) is 4.22. The van der Waals surface area contributed by atoms with Crippen LogP contribution >= 0.6 is 23.2 Å². The van der Waals surface area contributed by atoms with E-state index in [1.54, 1.807) is 30.5 Å². The standard InChI is InChI=1S/C25H19Cl2N3O3S/c26-22-9-6-17(14-21(22)24-19-5-2-1-4-16(19)10-11-28-24)29-25(31)20-8-7-18(15-23(20)27)30-12-3-13-34(30,32)33/h1-2,4-11,14-15H,3,12-13H2,(H,29,31). The Morgan fingerprint density at radius 3 is 2.56 bits per heavy atom. The van der Waals surface area contributed by atoms with Gasteiger partial charge in [-0.05, 0) is 54.3 Å². The van der Waals surface area contributed by atoms with Crippen LogP contribution in [0.5, 0.6) is 0 Å². The molecule has 3 aromatic carbocycles. The zero-order valence-corrected chi connectivity index (χ0v) is 20.2. The number of nitrogens with zero attached hydrogens (tertiary/aromatic N) is 2. The van der Waals surface area contributed by atoms with E-state index in [1.807, 2.05) is 30.3 Å². The number of pyridine rings is 1. The van der Waals surface area contributed by atoms with Gasteiger partial charge in [-0.3, -0.25) is 14.1 Å². The summed E-state index contributed by atoms with van der Waals surface area (Å²) in [7, 11) is -3.33. The van der Waals surface area contributed by atoms with Crippen LogP contribution in [0.3, 0.4) is 0 Å². The summed E-state index contributed by atoms with van der Waals surface area (Å²) in [6.07, 6.45) is 2.29. The Morgan fingerprint density at radius 2 is 1.79 bits per heavy atom. The number of sulfonamides is 1. The fourth-order valence-corrected chi connectivity index (χ4v) is 6.11. The van der Waals surface area contributed by atoms with Crippen molar-refractivity contribution in [2.24, 2.45) is 0 Å². The maximum absolute atomic E-state index is 13.0. The monoisotopic (exact) mass is 511 g/mol. The van der Waals surface area contributed by atoms with Crippen LogP contribution in [0.25, 0.3) is 22.0 Å². The lowest BCUT2D eigenvalue weighted by atomic mass is 10.0. The Morgan fingerprint density at radius 1 is 0.971 bits per heavy atom. The van der Waals surface area contributed by atoms with Gasteiger partial charge in [0.15, 0.2) is 0 Å². The van der Waals surface area contributed by atoms with Crippen LogP contribution in [0, 0.1) is 0 Å². The molecule has 1 saturated heterocycles. The van der Waals surface area contributed by atoms with Crippen LogP contribution in [0.4, 0.5) is 11.4 Å². The maximum atomic E-state index is 13.0. The minimum absolute atomic E-state index is 0.108. The van der Waals surface area contributed by atoms with Crippen molar-refractivity contribution in [1.82, 2.24) is 4.98 Å². The summed E-state index contributed by atoms with van der Waals surface area (Å²) in [5.74, 6) is -0.308. The van der Waals surface area contributed by atoms with Gasteiger partial charge in [-0.1, -0.05) is 47.5 Å². The van der Waals surface area contributed by atoms with E-state index in [1.165, 1.54) is 16.4 Å². The van der Waals surface area contributed by atoms with Crippen molar-refractivity contribution < 1.29 is 13.2 Å². The van der Waals surface area contributed by atoms with Crippen molar-refractivity contribution in [2.75, 3.05) is 21.9 Å². The summed E-state index contributed by atoms with van der Waals surface area (Å²) in [5, 5.41) is 5.51. The molecule has 0 unspecified atom stereocenters. The van der Waals surface area contributed by atoms with Crippen LogP contribution in [0.1, 0.15) is 16.8 Å².